The highest BCUT2D eigenvalue weighted by molar-refractivity contribution is 9.10. The summed E-state index contributed by atoms with van der Waals surface area (Å²) in [5.74, 6) is 0.356. The Morgan fingerprint density at radius 2 is 1.97 bits per heavy atom. The first-order valence-electron chi connectivity index (χ1n) is 8.72. The van der Waals surface area contributed by atoms with Crippen molar-refractivity contribution in [3.05, 3.63) is 75.0 Å². The second kappa shape index (κ2) is 8.08. The Kier molecular flexibility index (Phi) is 5.34. The standard InChI is InChI=1S/C23H15BrN2O2S/c1-28-21-10-14(9-19(24)22(21)27)8-18(12-25)23-26-20(13-29-23)17-7-6-15-4-2-3-5-16(15)11-17/h2-11,13,27H,1H3/b18-8+. The van der Waals surface area contributed by atoms with Gasteiger partial charge in [0.15, 0.2) is 11.5 Å². The number of hydrogen-bond acceptors (Lipinski definition) is 5. The molecule has 0 saturated heterocycles. The number of nitriles is 1. The molecule has 1 N–H and O–H groups in total. The minimum absolute atomic E-state index is 0.0241. The van der Waals surface area contributed by atoms with Crippen LogP contribution in [-0.4, -0.2) is 17.2 Å². The monoisotopic (exact) mass is 462 g/mol. The van der Waals surface area contributed by atoms with E-state index in [-0.39, 0.29) is 5.75 Å². The highest BCUT2D eigenvalue weighted by atomic mass is 79.9. The Balaban J connectivity index is 1.71. The number of aromatic hydroxyl groups is 1. The van der Waals surface area contributed by atoms with Gasteiger partial charge in [0.05, 0.1) is 22.8 Å². The molecule has 0 spiro atoms. The number of benzene rings is 3. The predicted octanol–water partition coefficient (Wildman–Crippen LogP) is 6.50. The molecule has 142 valence electrons. The van der Waals surface area contributed by atoms with E-state index in [0.717, 1.165) is 22.2 Å². The highest BCUT2D eigenvalue weighted by Gasteiger charge is 2.12. The maximum Gasteiger partial charge on any atom is 0.172 e. The molecule has 0 bridgehead atoms. The maximum absolute atomic E-state index is 9.97. The van der Waals surface area contributed by atoms with E-state index in [1.54, 1.807) is 18.2 Å². The third-order valence-corrected chi connectivity index (χ3v) is 5.96. The van der Waals surface area contributed by atoms with Crippen molar-refractivity contribution in [3.8, 4) is 28.8 Å². The number of rotatable bonds is 4. The molecule has 29 heavy (non-hydrogen) atoms. The Hall–Kier alpha value is -3.14. The smallest absolute Gasteiger partial charge is 0.172 e. The molecule has 4 aromatic rings. The largest absolute Gasteiger partial charge is 0.503 e. The molecule has 0 aliphatic heterocycles. The number of hydrogen-bond donors (Lipinski definition) is 1. The summed E-state index contributed by atoms with van der Waals surface area (Å²) in [6, 6.07) is 20.0. The number of phenols is 1. The first kappa shape index (κ1) is 19.2. The molecule has 0 amide bonds. The Labute approximate surface area is 180 Å². The third kappa shape index (κ3) is 3.88. The van der Waals surface area contributed by atoms with Crippen LogP contribution in [0.15, 0.2) is 64.5 Å². The fraction of sp³-hybridized carbons (Fsp3) is 0.0435. The van der Waals surface area contributed by atoms with Crippen LogP contribution in [0.5, 0.6) is 11.5 Å². The first-order valence-corrected chi connectivity index (χ1v) is 10.4. The average molecular weight is 463 g/mol. The van der Waals surface area contributed by atoms with Crippen LogP contribution in [-0.2, 0) is 0 Å². The van der Waals surface area contributed by atoms with Gasteiger partial charge in [-0.05, 0) is 56.5 Å². The van der Waals surface area contributed by atoms with Gasteiger partial charge in [-0.25, -0.2) is 4.98 Å². The van der Waals surface area contributed by atoms with Crippen molar-refractivity contribution in [2.24, 2.45) is 0 Å². The van der Waals surface area contributed by atoms with Crippen molar-refractivity contribution >= 4 is 49.7 Å². The van der Waals surface area contributed by atoms with Crippen molar-refractivity contribution in [2.45, 2.75) is 0 Å². The van der Waals surface area contributed by atoms with Crippen LogP contribution in [0.25, 0.3) is 33.7 Å². The average Bonchev–Trinajstić information content (AvgIpc) is 3.24. The zero-order chi connectivity index (χ0) is 20.4. The van der Waals surface area contributed by atoms with Crippen LogP contribution in [0, 0.1) is 11.3 Å². The summed E-state index contributed by atoms with van der Waals surface area (Å²) >= 11 is 4.73. The highest BCUT2D eigenvalue weighted by Crippen LogP contribution is 2.36. The zero-order valence-electron chi connectivity index (χ0n) is 15.4. The number of allylic oxidation sites excluding steroid dienone is 1. The summed E-state index contributed by atoms with van der Waals surface area (Å²) in [6.45, 7) is 0. The molecule has 6 heteroatoms. The van der Waals surface area contributed by atoms with Crippen molar-refractivity contribution in [2.75, 3.05) is 7.11 Å². The molecule has 4 nitrogen and oxygen atoms in total. The second-order valence-electron chi connectivity index (χ2n) is 6.32. The van der Waals surface area contributed by atoms with Gasteiger partial charge in [-0.15, -0.1) is 11.3 Å². The summed E-state index contributed by atoms with van der Waals surface area (Å²) in [6.07, 6.45) is 1.73. The summed E-state index contributed by atoms with van der Waals surface area (Å²) < 4.78 is 5.68. The molecular weight excluding hydrogens is 448 g/mol. The molecular formula is C23H15BrN2O2S. The lowest BCUT2D eigenvalue weighted by Crippen LogP contribution is -1.87. The van der Waals surface area contributed by atoms with Crippen LogP contribution >= 0.6 is 27.3 Å². The lowest BCUT2D eigenvalue weighted by atomic mass is 10.1. The molecule has 1 heterocycles. The minimum Gasteiger partial charge on any atom is -0.503 e. The summed E-state index contributed by atoms with van der Waals surface area (Å²) in [7, 11) is 1.48. The topological polar surface area (TPSA) is 66.1 Å². The van der Waals surface area contributed by atoms with Gasteiger partial charge in [0.25, 0.3) is 0 Å². The number of fused-ring (bicyclic) bond motifs is 1. The number of aromatic nitrogens is 1. The van der Waals surface area contributed by atoms with Crippen molar-refractivity contribution in [1.82, 2.24) is 4.98 Å². The predicted molar refractivity (Wildman–Crippen MR) is 121 cm³/mol. The van der Waals surface area contributed by atoms with Crippen molar-refractivity contribution in [3.63, 3.8) is 0 Å². The molecule has 0 aliphatic carbocycles. The van der Waals surface area contributed by atoms with Gasteiger partial charge < -0.3 is 9.84 Å². The lowest BCUT2D eigenvalue weighted by Gasteiger charge is -2.06. The number of phenolic OH excluding ortho intramolecular Hbond substituents is 1. The Morgan fingerprint density at radius 1 is 1.17 bits per heavy atom. The SMILES string of the molecule is COc1cc(/C=C(\C#N)c2nc(-c3ccc4ccccc4c3)cs2)cc(Br)c1O. The fourth-order valence-electron chi connectivity index (χ4n) is 3.02. The van der Waals surface area contributed by atoms with E-state index in [1.807, 2.05) is 23.6 Å². The molecule has 0 atom stereocenters. The molecule has 0 unspecified atom stereocenters. The molecule has 4 rings (SSSR count). The molecule has 1 aromatic heterocycles. The second-order valence-corrected chi connectivity index (χ2v) is 8.04. The van der Waals surface area contributed by atoms with Crippen LogP contribution < -0.4 is 4.74 Å². The minimum atomic E-state index is 0.0241. The third-order valence-electron chi connectivity index (χ3n) is 4.48. The number of halogens is 1. The molecule has 3 aromatic carbocycles. The number of ether oxygens (including phenoxy) is 1. The van der Waals surface area contributed by atoms with E-state index in [9.17, 15) is 10.4 Å². The van der Waals surface area contributed by atoms with E-state index in [0.29, 0.717) is 20.8 Å². The van der Waals surface area contributed by atoms with E-state index < -0.39 is 0 Å². The summed E-state index contributed by atoms with van der Waals surface area (Å²) in [5, 5.41) is 24.6. The molecule has 0 aliphatic rings. The zero-order valence-corrected chi connectivity index (χ0v) is 17.8. The Bertz CT molecular complexity index is 1290. The number of thiazole rings is 1. The van der Waals surface area contributed by atoms with E-state index in [2.05, 4.69) is 51.2 Å². The van der Waals surface area contributed by atoms with Gasteiger partial charge in [-0.2, -0.15) is 5.26 Å². The Morgan fingerprint density at radius 3 is 2.72 bits per heavy atom. The van der Waals surface area contributed by atoms with Crippen molar-refractivity contribution in [1.29, 1.82) is 5.26 Å². The number of methoxy groups -OCH3 is 1. The van der Waals surface area contributed by atoms with Crippen LogP contribution in [0.2, 0.25) is 0 Å². The van der Waals surface area contributed by atoms with Gasteiger partial charge in [0.1, 0.15) is 11.1 Å². The summed E-state index contributed by atoms with van der Waals surface area (Å²) in [4.78, 5) is 4.67. The normalized spacial score (nSPS) is 11.4. The van der Waals surface area contributed by atoms with E-state index in [4.69, 9.17) is 4.74 Å². The van der Waals surface area contributed by atoms with E-state index >= 15 is 0 Å². The van der Waals surface area contributed by atoms with E-state index in [1.165, 1.54) is 23.8 Å². The van der Waals surface area contributed by atoms with Gasteiger partial charge >= 0.3 is 0 Å². The van der Waals surface area contributed by atoms with Crippen LogP contribution in [0.3, 0.4) is 0 Å². The molecule has 0 fully saturated rings. The molecule has 0 saturated carbocycles. The number of nitrogens with zero attached hydrogens (tertiary/aromatic N) is 2. The first-order chi connectivity index (χ1) is 14.1. The van der Waals surface area contributed by atoms with Gasteiger partial charge in [0, 0.05) is 10.9 Å². The fourth-order valence-corrected chi connectivity index (χ4v) is 4.27. The van der Waals surface area contributed by atoms with Gasteiger partial charge in [0.2, 0.25) is 0 Å². The van der Waals surface area contributed by atoms with Gasteiger partial charge in [-0.1, -0.05) is 36.4 Å². The summed E-state index contributed by atoms with van der Waals surface area (Å²) in [5.41, 5.74) is 3.02. The van der Waals surface area contributed by atoms with Crippen LogP contribution in [0.1, 0.15) is 10.6 Å². The lowest BCUT2D eigenvalue weighted by molar-refractivity contribution is 0.372. The molecule has 0 radical (unpaired) electrons. The van der Waals surface area contributed by atoms with Gasteiger partial charge in [-0.3, -0.25) is 0 Å². The van der Waals surface area contributed by atoms with Crippen molar-refractivity contribution < 1.29 is 9.84 Å². The quantitative estimate of drug-likeness (QED) is 0.351. The van der Waals surface area contributed by atoms with Crippen LogP contribution in [0.4, 0.5) is 0 Å². The maximum atomic E-state index is 9.97.